The highest BCUT2D eigenvalue weighted by atomic mass is 32.2. The van der Waals surface area contributed by atoms with Gasteiger partial charge >= 0.3 is 16.2 Å². The smallest absolute Gasteiger partial charge is 0.309 e. The number of hydrogen-bond donors (Lipinski definition) is 2. The van der Waals surface area contributed by atoms with E-state index in [9.17, 15) is 13.2 Å². The molecule has 9 heteroatoms. The molecule has 0 aliphatic heterocycles. The van der Waals surface area contributed by atoms with Crippen molar-refractivity contribution in [2.24, 2.45) is 0 Å². The number of aliphatic carboxylic acids is 1. The Bertz CT molecular complexity index is 508. The van der Waals surface area contributed by atoms with Gasteiger partial charge in [0.2, 0.25) is 0 Å². The minimum atomic E-state index is -3.61. The van der Waals surface area contributed by atoms with Crippen LogP contribution in [0, 0.1) is 0 Å². The number of aromatic nitrogens is 1. The number of carbonyl (C=O) groups is 1. The highest BCUT2D eigenvalue weighted by Crippen LogP contribution is 2.18. The molecule has 0 amide bonds. The summed E-state index contributed by atoms with van der Waals surface area (Å²) >= 11 is 1.07. The number of rotatable bonds is 7. The fraction of sp³-hybridized carbons (Fsp3) is 0.556. The van der Waals surface area contributed by atoms with Gasteiger partial charge in [0.15, 0.2) is 5.13 Å². The molecule has 0 saturated heterocycles. The van der Waals surface area contributed by atoms with E-state index in [1.807, 2.05) is 0 Å². The summed E-state index contributed by atoms with van der Waals surface area (Å²) in [5, 5.41) is 10.3. The summed E-state index contributed by atoms with van der Waals surface area (Å²) in [5.74, 6) is -1.00. The zero-order valence-electron chi connectivity index (χ0n) is 10.1. The van der Waals surface area contributed by atoms with Gasteiger partial charge in [0.25, 0.3) is 0 Å². The van der Waals surface area contributed by atoms with E-state index in [1.54, 1.807) is 13.8 Å². The Kier molecular flexibility index (Phi) is 5.05. The third-order valence-corrected chi connectivity index (χ3v) is 4.73. The first-order chi connectivity index (χ1) is 8.39. The minimum absolute atomic E-state index is 0.179. The zero-order valence-corrected chi connectivity index (χ0v) is 11.7. The van der Waals surface area contributed by atoms with Crippen molar-refractivity contribution in [3.05, 3.63) is 11.1 Å². The molecular weight excluding hydrogens is 278 g/mol. The van der Waals surface area contributed by atoms with Gasteiger partial charge in [0.1, 0.15) is 0 Å². The molecule has 18 heavy (non-hydrogen) atoms. The van der Waals surface area contributed by atoms with E-state index in [0.29, 0.717) is 18.8 Å². The summed E-state index contributed by atoms with van der Waals surface area (Å²) in [6.45, 7) is 4.19. The second-order valence-electron chi connectivity index (χ2n) is 3.41. The lowest BCUT2D eigenvalue weighted by molar-refractivity contribution is -0.136. The highest BCUT2D eigenvalue weighted by molar-refractivity contribution is 7.90. The van der Waals surface area contributed by atoms with Gasteiger partial charge in [-0.2, -0.15) is 12.7 Å². The molecule has 0 aliphatic rings. The Morgan fingerprint density at radius 2 is 2.11 bits per heavy atom. The maximum Gasteiger partial charge on any atom is 0.309 e. The van der Waals surface area contributed by atoms with Gasteiger partial charge in [0.05, 0.1) is 12.1 Å². The topological polar surface area (TPSA) is 99.6 Å². The van der Waals surface area contributed by atoms with Crippen LogP contribution in [0.25, 0.3) is 0 Å². The van der Waals surface area contributed by atoms with Gasteiger partial charge < -0.3 is 5.11 Å². The third-order valence-electron chi connectivity index (χ3n) is 2.15. The number of carboxylic acids is 1. The number of nitrogens with one attached hydrogen (secondary N) is 1. The van der Waals surface area contributed by atoms with Gasteiger partial charge in [-0.3, -0.25) is 4.79 Å². The number of anilines is 1. The molecule has 0 aromatic carbocycles. The average Bonchev–Trinajstić information content (AvgIpc) is 2.64. The Labute approximate surface area is 110 Å². The molecule has 1 rings (SSSR count). The maximum absolute atomic E-state index is 11.9. The van der Waals surface area contributed by atoms with Gasteiger partial charge in [-0.05, 0) is 0 Å². The van der Waals surface area contributed by atoms with Crippen molar-refractivity contribution in [1.82, 2.24) is 9.29 Å². The molecule has 0 atom stereocenters. The Hall–Kier alpha value is -1.19. The quantitative estimate of drug-likeness (QED) is 0.773. The van der Waals surface area contributed by atoms with Crippen molar-refractivity contribution in [2.75, 3.05) is 17.8 Å². The number of hydrogen-bond acceptors (Lipinski definition) is 5. The van der Waals surface area contributed by atoms with Crippen LogP contribution in [0.15, 0.2) is 5.38 Å². The molecule has 2 N–H and O–H groups in total. The van der Waals surface area contributed by atoms with Crippen LogP contribution in [0.1, 0.15) is 19.5 Å². The number of nitrogens with zero attached hydrogens (tertiary/aromatic N) is 2. The number of carboxylic acid groups (broad SMARTS) is 1. The van der Waals surface area contributed by atoms with Crippen molar-refractivity contribution in [2.45, 2.75) is 20.3 Å². The van der Waals surface area contributed by atoms with E-state index in [4.69, 9.17) is 5.11 Å². The Morgan fingerprint density at radius 3 is 2.61 bits per heavy atom. The van der Waals surface area contributed by atoms with Crippen LogP contribution in [0.4, 0.5) is 5.13 Å². The summed E-state index contributed by atoms with van der Waals surface area (Å²) < 4.78 is 27.3. The monoisotopic (exact) mass is 293 g/mol. The average molecular weight is 293 g/mol. The summed E-state index contributed by atoms with van der Waals surface area (Å²) in [4.78, 5) is 14.4. The van der Waals surface area contributed by atoms with E-state index < -0.39 is 16.2 Å². The number of thiazole rings is 1. The zero-order chi connectivity index (χ0) is 13.8. The molecule has 1 aromatic rings. The van der Waals surface area contributed by atoms with E-state index >= 15 is 0 Å². The van der Waals surface area contributed by atoms with E-state index in [1.165, 1.54) is 9.69 Å². The third kappa shape index (κ3) is 3.93. The first-order valence-corrected chi connectivity index (χ1v) is 7.65. The van der Waals surface area contributed by atoms with Crippen LogP contribution in [0.3, 0.4) is 0 Å². The van der Waals surface area contributed by atoms with Crippen molar-refractivity contribution in [3.8, 4) is 0 Å². The molecule has 0 radical (unpaired) electrons. The normalized spacial score (nSPS) is 11.7. The van der Waals surface area contributed by atoms with E-state index in [-0.39, 0.29) is 11.6 Å². The highest BCUT2D eigenvalue weighted by Gasteiger charge is 2.20. The summed E-state index contributed by atoms with van der Waals surface area (Å²) in [5.41, 5.74) is 0.338. The minimum Gasteiger partial charge on any atom is -0.481 e. The lowest BCUT2D eigenvalue weighted by Gasteiger charge is -2.17. The predicted octanol–water partition coefficient (Wildman–Crippen LogP) is 0.769. The van der Waals surface area contributed by atoms with Crippen LogP contribution >= 0.6 is 11.3 Å². The molecule has 0 spiro atoms. The van der Waals surface area contributed by atoms with Gasteiger partial charge in [-0.1, -0.05) is 13.8 Å². The second kappa shape index (κ2) is 6.12. The van der Waals surface area contributed by atoms with E-state index in [2.05, 4.69) is 9.71 Å². The van der Waals surface area contributed by atoms with Crippen LogP contribution in [0.2, 0.25) is 0 Å². The van der Waals surface area contributed by atoms with Crippen molar-refractivity contribution in [3.63, 3.8) is 0 Å². The Morgan fingerprint density at radius 1 is 1.50 bits per heavy atom. The van der Waals surface area contributed by atoms with Gasteiger partial charge in [-0.25, -0.2) is 9.71 Å². The molecule has 0 aliphatic carbocycles. The lowest BCUT2D eigenvalue weighted by atomic mass is 10.3. The molecule has 0 saturated carbocycles. The first-order valence-electron chi connectivity index (χ1n) is 5.33. The summed E-state index contributed by atoms with van der Waals surface area (Å²) in [6, 6.07) is 0. The standard InChI is InChI=1S/C9H15N3O4S2/c1-3-12(4-2)18(15,16)11-9-10-7(6-17-9)5-8(13)14/h6H,3-5H2,1-2H3,(H,10,11)(H,13,14). The fourth-order valence-corrected chi connectivity index (χ4v) is 3.47. The molecule has 1 heterocycles. The van der Waals surface area contributed by atoms with Crippen LogP contribution < -0.4 is 4.72 Å². The maximum atomic E-state index is 11.9. The molecule has 0 unspecified atom stereocenters. The largest absolute Gasteiger partial charge is 0.481 e. The van der Waals surface area contributed by atoms with Crippen molar-refractivity contribution in [1.29, 1.82) is 0 Å². The molecule has 0 bridgehead atoms. The predicted molar refractivity (Wildman–Crippen MR) is 68.9 cm³/mol. The van der Waals surface area contributed by atoms with Gasteiger partial charge in [-0.15, -0.1) is 11.3 Å². The summed E-state index contributed by atoms with van der Waals surface area (Å²) in [7, 11) is -3.61. The molecule has 7 nitrogen and oxygen atoms in total. The van der Waals surface area contributed by atoms with Crippen LogP contribution in [0.5, 0.6) is 0 Å². The summed E-state index contributed by atoms with van der Waals surface area (Å²) in [6.07, 6.45) is -0.219. The first kappa shape index (κ1) is 14.9. The molecular formula is C9H15N3O4S2. The molecule has 102 valence electrons. The van der Waals surface area contributed by atoms with E-state index in [0.717, 1.165) is 11.3 Å². The Balaban J connectivity index is 2.78. The van der Waals surface area contributed by atoms with Crippen LogP contribution in [-0.2, 0) is 21.4 Å². The second-order valence-corrected chi connectivity index (χ2v) is 5.93. The molecule has 1 aromatic heterocycles. The fourth-order valence-electron chi connectivity index (χ4n) is 1.33. The molecule has 0 fully saturated rings. The van der Waals surface area contributed by atoms with Gasteiger partial charge in [0, 0.05) is 18.5 Å². The van der Waals surface area contributed by atoms with Crippen LogP contribution in [-0.4, -0.2) is 41.9 Å². The van der Waals surface area contributed by atoms with Crippen molar-refractivity contribution < 1.29 is 18.3 Å². The lowest BCUT2D eigenvalue weighted by Crippen LogP contribution is -2.35. The van der Waals surface area contributed by atoms with Crippen molar-refractivity contribution >= 4 is 32.6 Å². The SMILES string of the molecule is CCN(CC)S(=O)(=O)Nc1nc(CC(=O)O)cs1.